The Balaban J connectivity index is 2.09. The number of nitrogens with zero attached hydrogens (tertiary/aromatic N) is 2. The summed E-state index contributed by atoms with van der Waals surface area (Å²) in [6.45, 7) is 7.08. The van der Waals surface area contributed by atoms with Gasteiger partial charge in [-0.25, -0.2) is 0 Å². The Labute approximate surface area is 126 Å². The van der Waals surface area contributed by atoms with Crippen molar-refractivity contribution in [1.29, 1.82) is 0 Å². The van der Waals surface area contributed by atoms with E-state index in [2.05, 4.69) is 25.8 Å². The van der Waals surface area contributed by atoms with Gasteiger partial charge < -0.3 is 4.90 Å². The largest absolute Gasteiger partial charge is 0.337 e. The summed E-state index contributed by atoms with van der Waals surface area (Å²) < 4.78 is 0. The lowest BCUT2D eigenvalue weighted by Gasteiger charge is -2.20. The number of amides is 1. The number of aromatic nitrogens is 1. The lowest BCUT2D eigenvalue weighted by atomic mass is 9.86. The molecule has 0 unspecified atom stereocenters. The van der Waals surface area contributed by atoms with Gasteiger partial charge in [-0.15, -0.1) is 0 Å². The number of hydrogen-bond donors (Lipinski definition) is 0. The molecule has 110 valence electrons. The number of carbonyl (C=O) groups is 1. The summed E-state index contributed by atoms with van der Waals surface area (Å²) in [5, 5.41) is 0. The van der Waals surface area contributed by atoms with E-state index in [0.29, 0.717) is 6.54 Å². The molecule has 0 spiro atoms. The fourth-order valence-electron chi connectivity index (χ4n) is 2.17. The van der Waals surface area contributed by atoms with Crippen molar-refractivity contribution in [1.82, 2.24) is 9.88 Å². The van der Waals surface area contributed by atoms with Gasteiger partial charge >= 0.3 is 0 Å². The Morgan fingerprint density at radius 3 is 2.14 bits per heavy atom. The third-order valence-electron chi connectivity index (χ3n) is 3.51. The first-order valence-electron chi connectivity index (χ1n) is 7.13. The molecule has 0 aliphatic rings. The predicted octanol–water partition coefficient (Wildman–Crippen LogP) is 3.65. The first kappa shape index (κ1) is 15.2. The fraction of sp³-hybridized carbons (Fsp3) is 0.333. The first-order valence-corrected chi connectivity index (χ1v) is 7.13. The number of rotatable bonds is 3. The second-order valence-corrected chi connectivity index (χ2v) is 6.34. The van der Waals surface area contributed by atoms with Crippen LogP contribution in [0.3, 0.4) is 0 Å². The van der Waals surface area contributed by atoms with Gasteiger partial charge in [-0.2, -0.15) is 0 Å². The Kier molecular flexibility index (Phi) is 4.41. The first-order chi connectivity index (χ1) is 9.88. The van der Waals surface area contributed by atoms with E-state index in [-0.39, 0.29) is 11.3 Å². The van der Waals surface area contributed by atoms with Gasteiger partial charge in [-0.3, -0.25) is 9.78 Å². The van der Waals surface area contributed by atoms with Crippen LogP contribution >= 0.6 is 0 Å². The van der Waals surface area contributed by atoms with Crippen molar-refractivity contribution in [2.45, 2.75) is 32.7 Å². The van der Waals surface area contributed by atoms with Crippen LogP contribution in [0.25, 0.3) is 0 Å². The molecule has 1 aromatic carbocycles. The lowest BCUT2D eigenvalue weighted by Crippen LogP contribution is -2.26. The van der Waals surface area contributed by atoms with Gasteiger partial charge in [0.1, 0.15) is 0 Å². The summed E-state index contributed by atoms with van der Waals surface area (Å²) in [7, 11) is 1.82. The highest BCUT2D eigenvalue weighted by molar-refractivity contribution is 5.94. The quantitative estimate of drug-likeness (QED) is 0.861. The smallest absolute Gasteiger partial charge is 0.253 e. The maximum atomic E-state index is 12.4. The summed E-state index contributed by atoms with van der Waals surface area (Å²) in [4.78, 5) is 18.1. The normalized spacial score (nSPS) is 11.2. The van der Waals surface area contributed by atoms with Gasteiger partial charge in [0.2, 0.25) is 0 Å². The third kappa shape index (κ3) is 3.91. The Hall–Kier alpha value is -2.16. The minimum absolute atomic E-state index is 0.0345. The molecule has 0 bridgehead atoms. The van der Waals surface area contributed by atoms with Gasteiger partial charge in [0.25, 0.3) is 5.91 Å². The van der Waals surface area contributed by atoms with E-state index < -0.39 is 0 Å². The maximum Gasteiger partial charge on any atom is 0.253 e. The standard InChI is InChI=1S/C18H22N2O/c1-18(2,3)16-7-5-15(6-8-16)17(21)20(4)13-14-9-11-19-12-10-14/h5-12H,13H2,1-4H3. The number of benzene rings is 1. The average Bonchev–Trinajstić information content (AvgIpc) is 2.46. The van der Waals surface area contributed by atoms with Crippen LogP contribution in [0.1, 0.15) is 42.3 Å². The molecule has 3 nitrogen and oxygen atoms in total. The van der Waals surface area contributed by atoms with Crippen molar-refractivity contribution in [2.24, 2.45) is 0 Å². The molecule has 0 aliphatic heterocycles. The van der Waals surface area contributed by atoms with E-state index in [4.69, 9.17) is 0 Å². The van der Waals surface area contributed by atoms with E-state index in [9.17, 15) is 4.79 Å². The highest BCUT2D eigenvalue weighted by atomic mass is 16.2. The second-order valence-electron chi connectivity index (χ2n) is 6.34. The van der Waals surface area contributed by atoms with Crippen LogP contribution < -0.4 is 0 Å². The molecule has 2 rings (SSSR count). The van der Waals surface area contributed by atoms with Crippen molar-refractivity contribution in [3.8, 4) is 0 Å². The minimum Gasteiger partial charge on any atom is -0.337 e. The summed E-state index contributed by atoms with van der Waals surface area (Å²) in [5.74, 6) is 0.0345. The lowest BCUT2D eigenvalue weighted by molar-refractivity contribution is 0.0785. The van der Waals surface area contributed by atoms with Crippen molar-refractivity contribution in [3.63, 3.8) is 0 Å². The molecule has 0 atom stereocenters. The van der Waals surface area contributed by atoms with Gasteiger partial charge in [0.15, 0.2) is 0 Å². The van der Waals surface area contributed by atoms with Crippen molar-refractivity contribution in [2.75, 3.05) is 7.05 Å². The number of pyridine rings is 1. The van der Waals surface area contributed by atoms with Crippen LogP contribution in [0.15, 0.2) is 48.8 Å². The van der Waals surface area contributed by atoms with Crippen LogP contribution in [0.4, 0.5) is 0 Å². The monoisotopic (exact) mass is 282 g/mol. The van der Waals surface area contributed by atoms with E-state index in [1.54, 1.807) is 17.3 Å². The Morgan fingerprint density at radius 2 is 1.62 bits per heavy atom. The molecule has 3 heteroatoms. The highest BCUT2D eigenvalue weighted by Crippen LogP contribution is 2.22. The summed E-state index contributed by atoms with van der Waals surface area (Å²) in [5.41, 5.74) is 3.13. The molecule has 1 aromatic heterocycles. The van der Waals surface area contributed by atoms with Crippen LogP contribution in [0.5, 0.6) is 0 Å². The van der Waals surface area contributed by atoms with Crippen molar-refractivity contribution >= 4 is 5.91 Å². The van der Waals surface area contributed by atoms with Crippen molar-refractivity contribution in [3.05, 3.63) is 65.5 Å². The summed E-state index contributed by atoms with van der Waals surface area (Å²) in [6.07, 6.45) is 3.48. The van der Waals surface area contributed by atoms with E-state index >= 15 is 0 Å². The molecule has 1 amide bonds. The number of carbonyl (C=O) groups excluding carboxylic acids is 1. The van der Waals surface area contributed by atoms with E-state index in [0.717, 1.165) is 11.1 Å². The average molecular weight is 282 g/mol. The van der Waals surface area contributed by atoms with Crippen LogP contribution in [-0.2, 0) is 12.0 Å². The molecular formula is C18H22N2O. The van der Waals surface area contributed by atoms with Crippen LogP contribution in [0, 0.1) is 0 Å². The summed E-state index contributed by atoms with van der Waals surface area (Å²) in [6, 6.07) is 11.7. The van der Waals surface area contributed by atoms with Gasteiger partial charge in [-0.05, 0) is 40.8 Å². The van der Waals surface area contributed by atoms with Gasteiger partial charge in [-0.1, -0.05) is 32.9 Å². The Bertz CT molecular complexity index is 597. The molecule has 0 fully saturated rings. The van der Waals surface area contributed by atoms with Gasteiger partial charge in [0, 0.05) is 31.5 Å². The van der Waals surface area contributed by atoms with Crippen molar-refractivity contribution < 1.29 is 4.79 Å². The Morgan fingerprint density at radius 1 is 1.05 bits per heavy atom. The highest BCUT2D eigenvalue weighted by Gasteiger charge is 2.16. The second kappa shape index (κ2) is 6.08. The topological polar surface area (TPSA) is 33.2 Å². The van der Waals surface area contributed by atoms with Gasteiger partial charge in [0.05, 0.1) is 0 Å². The third-order valence-corrected chi connectivity index (χ3v) is 3.51. The zero-order valence-corrected chi connectivity index (χ0v) is 13.1. The molecule has 2 aromatic rings. The molecule has 0 N–H and O–H groups in total. The molecule has 0 radical (unpaired) electrons. The summed E-state index contributed by atoms with van der Waals surface area (Å²) >= 11 is 0. The SMILES string of the molecule is CN(Cc1ccncc1)C(=O)c1ccc(C(C)(C)C)cc1. The molecule has 0 aliphatic carbocycles. The molecule has 0 saturated carbocycles. The van der Waals surface area contributed by atoms with E-state index in [1.165, 1.54) is 5.56 Å². The zero-order valence-electron chi connectivity index (χ0n) is 13.1. The molecule has 21 heavy (non-hydrogen) atoms. The zero-order chi connectivity index (χ0) is 15.5. The molecule has 0 saturated heterocycles. The van der Waals surface area contributed by atoms with E-state index in [1.807, 2.05) is 43.4 Å². The van der Waals surface area contributed by atoms with Crippen LogP contribution in [-0.4, -0.2) is 22.8 Å². The fourth-order valence-corrected chi connectivity index (χ4v) is 2.17. The predicted molar refractivity (Wildman–Crippen MR) is 85.2 cm³/mol. The van der Waals surface area contributed by atoms with Crippen LogP contribution in [0.2, 0.25) is 0 Å². The maximum absolute atomic E-state index is 12.4. The molecule has 1 heterocycles. The molecular weight excluding hydrogens is 260 g/mol. The number of hydrogen-bond acceptors (Lipinski definition) is 2. The minimum atomic E-state index is 0.0345.